The lowest BCUT2D eigenvalue weighted by atomic mass is 10.1. The zero-order valence-electron chi connectivity index (χ0n) is 18.3. The molecule has 3 N–H and O–H groups in total. The highest BCUT2D eigenvalue weighted by atomic mass is 16.2. The molecule has 3 heterocycles. The lowest BCUT2D eigenvalue weighted by Crippen LogP contribution is -2.27. The third kappa shape index (κ3) is 4.38. The normalized spacial score (nSPS) is 13.3. The third-order valence-electron chi connectivity index (χ3n) is 5.66. The fourth-order valence-electron chi connectivity index (χ4n) is 3.87. The standard InChI is InChI=1S/C24H24N8O/c1-31-24(27-19-10-8-16(9-11-19)20-12-13-26-23(25)28-20)29-21(30-31)17-4-6-18(7-5-17)22(33)32-14-2-3-15-32/h4-13H,2-3,14-15H2,1H3,(H2,25,26,28)(H,27,29,30). The van der Waals surface area contributed by atoms with Gasteiger partial charge in [-0.05, 0) is 43.2 Å². The van der Waals surface area contributed by atoms with Gasteiger partial charge in [0.1, 0.15) is 0 Å². The van der Waals surface area contributed by atoms with Crippen LogP contribution in [-0.2, 0) is 7.05 Å². The summed E-state index contributed by atoms with van der Waals surface area (Å²) in [7, 11) is 1.84. The van der Waals surface area contributed by atoms with Gasteiger partial charge >= 0.3 is 0 Å². The summed E-state index contributed by atoms with van der Waals surface area (Å²) in [5, 5.41) is 7.81. The monoisotopic (exact) mass is 440 g/mol. The summed E-state index contributed by atoms with van der Waals surface area (Å²) < 4.78 is 1.69. The zero-order chi connectivity index (χ0) is 22.8. The van der Waals surface area contributed by atoms with Crippen molar-refractivity contribution in [2.45, 2.75) is 12.8 Å². The van der Waals surface area contributed by atoms with Crippen molar-refractivity contribution in [1.82, 2.24) is 29.6 Å². The summed E-state index contributed by atoms with van der Waals surface area (Å²) >= 11 is 0. The van der Waals surface area contributed by atoms with E-state index in [-0.39, 0.29) is 11.9 Å². The molecule has 1 amide bonds. The maximum atomic E-state index is 12.6. The molecule has 0 bridgehead atoms. The number of carbonyl (C=O) groups is 1. The number of anilines is 3. The van der Waals surface area contributed by atoms with Crippen LogP contribution in [0.5, 0.6) is 0 Å². The Balaban J connectivity index is 1.30. The largest absolute Gasteiger partial charge is 0.368 e. The third-order valence-corrected chi connectivity index (χ3v) is 5.66. The van der Waals surface area contributed by atoms with Crippen LogP contribution in [0.25, 0.3) is 22.6 Å². The van der Waals surface area contributed by atoms with Crippen molar-refractivity contribution in [3.63, 3.8) is 0 Å². The quantitative estimate of drug-likeness (QED) is 0.488. The number of carbonyl (C=O) groups excluding carboxylic acids is 1. The fraction of sp³-hybridized carbons (Fsp3) is 0.208. The number of aromatic nitrogens is 5. The molecular formula is C24H24N8O. The van der Waals surface area contributed by atoms with E-state index in [4.69, 9.17) is 5.73 Å². The van der Waals surface area contributed by atoms with Gasteiger partial charge in [0.2, 0.25) is 11.9 Å². The summed E-state index contributed by atoms with van der Waals surface area (Å²) in [6.45, 7) is 1.68. The summed E-state index contributed by atoms with van der Waals surface area (Å²) in [4.78, 5) is 27.3. The smallest absolute Gasteiger partial charge is 0.253 e. The van der Waals surface area contributed by atoms with Crippen molar-refractivity contribution >= 4 is 23.5 Å². The molecule has 0 aliphatic carbocycles. The number of amides is 1. The average Bonchev–Trinajstić information content (AvgIpc) is 3.50. The second-order valence-electron chi connectivity index (χ2n) is 7.96. The molecule has 2 aromatic heterocycles. The first-order chi connectivity index (χ1) is 16.1. The molecule has 4 aromatic rings. The van der Waals surface area contributed by atoms with E-state index in [9.17, 15) is 4.79 Å². The molecule has 9 heteroatoms. The van der Waals surface area contributed by atoms with E-state index in [0.717, 1.165) is 48.4 Å². The van der Waals surface area contributed by atoms with Crippen LogP contribution in [0.2, 0.25) is 0 Å². The van der Waals surface area contributed by atoms with Crippen molar-refractivity contribution in [2.24, 2.45) is 7.05 Å². The lowest BCUT2D eigenvalue weighted by molar-refractivity contribution is 0.0793. The van der Waals surface area contributed by atoms with E-state index in [1.165, 1.54) is 0 Å². The Hall–Kier alpha value is -4.27. The first-order valence-electron chi connectivity index (χ1n) is 10.8. The van der Waals surface area contributed by atoms with E-state index in [1.54, 1.807) is 10.9 Å². The number of nitrogens with one attached hydrogen (secondary N) is 1. The summed E-state index contributed by atoms with van der Waals surface area (Å²) in [6.07, 6.45) is 3.80. The minimum atomic E-state index is 0.0866. The molecule has 166 valence electrons. The number of benzene rings is 2. The second kappa shape index (κ2) is 8.70. The van der Waals surface area contributed by atoms with Crippen molar-refractivity contribution in [1.29, 1.82) is 0 Å². The highest BCUT2D eigenvalue weighted by Gasteiger charge is 2.19. The van der Waals surface area contributed by atoms with Gasteiger partial charge in [-0.3, -0.25) is 4.79 Å². The maximum absolute atomic E-state index is 12.6. The van der Waals surface area contributed by atoms with Crippen LogP contribution >= 0.6 is 0 Å². The topological polar surface area (TPSA) is 115 Å². The maximum Gasteiger partial charge on any atom is 0.253 e. The minimum Gasteiger partial charge on any atom is -0.368 e. The first-order valence-corrected chi connectivity index (χ1v) is 10.8. The number of hydrogen-bond donors (Lipinski definition) is 2. The number of aryl methyl sites for hydroxylation is 1. The Labute approximate surface area is 191 Å². The predicted molar refractivity (Wildman–Crippen MR) is 127 cm³/mol. The molecule has 1 fully saturated rings. The van der Waals surface area contributed by atoms with Crippen molar-refractivity contribution in [3.05, 3.63) is 66.4 Å². The van der Waals surface area contributed by atoms with Gasteiger partial charge in [0.25, 0.3) is 5.91 Å². The predicted octanol–water partition coefficient (Wildman–Crippen LogP) is 3.50. The van der Waals surface area contributed by atoms with Gasteiger partial charge < -0.3 is 16.0 Å². The molecule has 0 spiro atoms. The van der Waals surface area contributed by atoms with Crippen LogP contribution in [0.1, 0.15) is 23.2 Å². The zero-order valence-corrected chi connectivity index (χ0v) is 18.3. The molecule has 9 nitrogen and oxygen atoms in total. The number of likely N-dealkylation sites (tertiary alicyclic amines) is 1. The van der Waals surface area contributed by atoms with Gasteiger partial charge in [-0.25, -0.2) is 14.6 Å². The van der Waals surface area contributed by atoms with E-state index in [0.29, 0.717) is 17.3 Å². The van der Waals surface area contributed by atoms with Crippen molar-refractivity contribution in [2.75, 3.05) is 24.1 Å². The second-order valence-corrected chi connectivity index (χ2v) is 7.96. The summed E-state index contributed by atoms with van der Waals surface area (Å²) in [5.74, 6) is 1.53. The van der Waals surface area contributed by atoms with E-state index in [1.807, 2.05) is 66.5 Å². The molecule has 0 saturated carbocycles. The van der Waals surface area contributed by atoms with Gasteiger partial charge in [0.05, 0.1) is 5.69 Å². The number of nitrogens with two attached hydrogens (primary N) is 1. The Morgan fingerprint density at radius 2 is 1.64 bits per heavy atom. The average molecular weight is 441 g/mol. The molecule has 0 atom stereocenters. The first kappa shape index (κ1) is 20.6. The lowest BCUT2D eigenvalue weighted by Gasteiger charge is -2.15. The molecule has 1 aliphatic heterocycles. The molecule has 2 aromatic carbocycles. The van der Waals surface area contributed by atoms with Gasteiger partial charge in [-0.1, -0.05) is 24.3 Å². The number of nitrogens with zero attached hydrogens (tertiary/aromatic N) is 6. The van der Waals surface area contributed by atoms with Crippen LogP contribution < -0.4 is 11.1 Å². The summed E-state index contributed by atoms with van der Waals surface area (Å²) in [6, 6.07) is 17.1. The van der Waals surface area contributed by atoms with Gasteiger partial charge in [0.15, 0.2) is 5.82 Å². The van der Waals surface area contributed by atoms with Crippen LogP contribution in [-0.4, -0.2) is 48.6 Å². The van der Waals surface area contributed by atoms with Crippen molar-refractivity contribution in [3.8, 4) is 22.6 Å². The Bertz CT molecular complexity index is 1270. The SMILES string of the molecule is Cn1nc(-c2ccc(C(=O)N3CCCC3)cc2)nc1Nc1ccc(-c2ccnc(N)n2)cc1. The molecule has 1 aliphatic rings. The van der Waals surface area contributed by atoms with Crippen LogP contribution in [0, 0.1) is 0 Å². The molecular weight excluding hydrogens is 416 g/mol. The van der Waals surface area contributed by atoms with Gasteiger partial charge in [-0.15, -0.1) is 5.10 Å². The highest BCUT2D eigenvalue weighted by molar-refractivity contribution is 5.94. The Morgan fingerprint density at radius 1 is 0.939 bits per heavy atom. The van der Waals surface area contributed by atoms with Crippen LogP contribution in [0.4, 0.5) is 17.6 Å². The van der Waals surface area contributed by atoms with E-state index in [2.05, 4.69) is 25.4 Å². The van der Waals surface area contributed by atoms with Gasteiger partial charge in [-0.2, -0.15) is 4.98 Å². The Kier molecular flexibility index (Phi) is 5.43. The van der Waals surface area contributed by atoms with Crippen molar-refractivity contribution < 1.29 is 4.79 Å². The fourth-order valence-corrected chi connectivity index (χ4v) is 3.87. The number of nitrogen functional groups attached to an aromatic ring is 1. The molecule has 5 rings (SSSR count). The highest BCUT2D eigenvalue weighted by Crippen LogP contribution is 2.24. The van der Waals surface area contributed by atoms with Gasteiger partial charge in [0, 0.05) is 48.7 Å². The molecule has 0 unspecified atom stereocenters. The van der Waals surface area contributed by atoms with Crippen LogP contribution in [0.15, 0.2) is 60.8 Å². The molecule has 33 heavy (non-hydrogen) atoms. The Morgan fingerprint density at radius 3 is 2.33 bits per heavy atom. The number of hydrogen-bond acceptors (Lipinski definition) is 7. The molecule has 0 radical (unpaired) electrons. The van der Waals surface area contributed by atoms with E-state index < -0.39 is 0 Å². The van der Waals surface area contributed by atoms with Crippen LogP contribution in [0.3, 0.4) is 0 Å². The minimum absolute atomic E-state index is 0.0866. The summed E-state index contributed by atoms with van der Waals surface area (Å²) in [5.41, 5.74) is 9.80. The number of rotatable bonds is 5. The molecule has 1 saturated heterocycles. The van der Waals surface area contributed by atoms with E-state index >= 15 is 0 Å².